The van der Waals surface area contributed by atoms with E-state index in [1.165, 1.54) is 5.57 Å². The van der Waals surface area contributed by atoms with Gasteiger partial charge >= 0.3 is 0 Å². The summed E-state index contributed by atoms with van der Waals surface area (Å²) in [6.45, 7) is 9.33. The summed E-state index contributed by atoms with van der Waals surface area (Å²) in [6.07, 6.45) is 7.95. The molecule has 3 saturated carbocycles. The number of ether oxygens (including phenoxy) is 3. The van der Waals surface area contributed by atoms with Gasteiger partial charge in [-0.05, 0) is 91.5 Å². The minimum absolute atomic E-state index is 0.00886. The fraction of sp³-hybridized carbons (Fsp3) is 0.676. The lowest BCUT2D eigenvalue weighted by Crippen LogP contribution is -2.64. The molecule has 0 spiro atoms. The number of rotatable bonds is 7. The van der Waals surface area contributed by atoms with Crippen molar-refractivity contribution < 1.29 is 33.6 Å². The summed E-state index contributed by atoms with van der Waals surface area (Å²) in [5, 5.41) is 27.1. The van der Waals surface area contributed by atoms with Crippen LogP contribution in [0.4, 0.5) is 4.39 Å². The number of Topliss-reactive ketones (excluding diaryl/α,β-unsaturated/α-hetero) is 1. The minimum atomic E-state index is -1.23. The van der Waals surface area contributed by atoms with Crippen molar-refractivity contribution in [2.45, 2.75) is 96.4 Å². The standard InChI is InChI=1S/C37H48FN3O6/c1-4-5-33-46-32-16-27-26-8-6-24-15-29-23(17-35(24,2)34(26)30(43)18-36(27,3)37(32,47-33)31(44)21-42)19-39-41(29)25-7-9-28(38)22(14-25)20-40-10-12-45-13-11-40/h7,9,14-15,19,26-27,30,32-34,42-43H,4-6,8,10-13,16-18,20-21H2,1-3H3/t26-,27-,30-,32+,33+,34+,35-,36-,37+/m0/s1. The van der Waals surface area contributed by atoms with Gasteiger partial charge in [-0.2, -0.15) is 5.10 Å². The van der Waals surface area contributed by atoms with Crippen LogP contribution in [0.3, 0.4) is 0 Å². The summed E-state index contributed by atoms with van der Waals surface area (Å²) in [5.41, 5.74) is 2.84. The Morgan fingerprint density at radius 1 is 1.21 bits per heavy atom. The number of aromatic nitrogens is 2. The largest absolute Gasteiger partial charge is 0.393 e. The average Bonchev–Trinajstić information content (AvgIpc) is 3.70. The molecule has 1 aromatic carbocycles. The van der Waals surface area contributed by atoms with E-state index in [4.69, 9.17) is 19.3 Å². The maximum absolute atomic E-state index is 14.9. The Hall–Kier alpha value is -2.47. The highest BCUT2D eigenvalue weighted by molar-refractivity contribution is 5.91. The number of carbonyl (C=O) groups excluding carboxylic acids is 1. The maximum Gasteiger partial charge on any atom is 0.193 e. The number of halogens is 1. The third-order valence-corrected chi connectivity index (χ3v) is 13.1. The van der Waals surface area contributed by atoms with E-state index in [2.05, 4.69) is 31.7 Å². The SMILES string of the molecule is CCC[C@@H]1O[C@@H]2C[C@H]3[C@@H]4CCC5=Cc6c(cnn6-c6ccc(F)c(CN7CCOCC7)c6)C[C@]5(C)[C@H]4[C@@H](O)C[C@]3(C)[C@]2(C(=O)CO)O1. The molecule has 2 saturated heterocycles. The molecule has 10 heteroatoms. The highest BCUT2D eigenvalue weighted by atomic mass is 19.1. The van der Waals surface area contributed by atoms with Gasteiger partial charge < -0.3 is 24.4 Å². The van der Waals surface area contributed by atoms with Crippen molar-refractivity contribution in [1.82, 2.24) is 14.7 Å². The predicted molar refractivity (Wildman–Crippen MR) is 172 cm³/mol. The zero-order valence-corrected chi connectivity index (χ0v) is 27.8. The van der Waals surface area contributed by atoms with E-state index in [-0.39, 0.29) is 34.8 Å². The Bertz CT molecular complexity index is 1590. The van der Waals surface area contributed by atoms with Crippen molar-refractivity contribution in [3.8, 4) is 5.69 Å². The Morgan fingerprint density at radius 3 is 2.79 bits per heavy atom. The molecule has 8 rings (SSSR count). The Morgan fingerprint density at radius 2 is 2.02 bits per heavy atom. The van der Waals surface area contributed by atoms with Crippen LogP contribution in [0.15, 0.2) is 30.0 Å². The molecule has 47 heavy (non-hydrogen) atoms. The smallest absolute Gasteiger partial charge is 0.193 e. The topological polar surface area (TPSA) is 106 Å². The minimum Gasteiger partial charge on any atom is -0.393 e. The molecule has 4 aliphatic carbocycles. The van der Waals surface area contributed by atoms with Gasteiger partial charge in [-0.15, -0.1) is 0 Å². The van der Waals surface area contributed by atoms with Crippen LogP contribution >= 0.6 is 0 Å². The van der Waals surface area contributed by atoms with Crippen molar-refractivity contribution in [2.24, 2.45) is 28.6 Å². The number of morpholine rings is 1. The number of hydrogen-bond acceptors (Lipinski definition) is 8. The van der Waals surface area contributed by atoms with Crippen LogP contribution in [-0.4, -0.2) is 87.7 Å². The number of benzene rings is 1. The van der Waals surface area contributed by atoms with Crippen LogP contribution in [0, 0.1) is 34.4 Å². The second-order valence-electron chi connectivity index (χ2n) is 15.4. The lowest BCUT2D eigenvalue weighted by atomic mass is 9.45. The Kier molecular flexibility index (Phi) is 7.82. The third-order valence-electron chi connectivity index (χ3n) is 13.1. The van der Waals surface area contributed by atoms with Crippen LogP contribution in [0.25, 0.3) is 11.8 Å². The number of carbonyl (C=O) groups is 1. The van der Waals surface area contributed by atoms with E-state index in [1.807, 2.05) is 16.9 Å². The number of allylic oxidation sites excluding steroid dienone is 1. The first-order chi connectivity index (χ1) is 22.6. The first kappa shape index (κ1) is 31.8. The Labute approximate surface area is 276 Å². The zero-order chi connectivity index (χ0) is 32.7. The van der Waals surface area contributed by atoms with E-state index in [1.54, 1.807) is 12.1 Å². The molecule has 2 aromatic rings. The molecular formula is C37H48FN3O6. The number of hydrogen-bond donors (Lipinski definition) is 2. The summed E-state index contributed by atoms with van der Waals surface area (Å²) in [6, 6.07) is 5.27. The summed E-state index contributed by atoms with van der Waals surface area (Å²) in [7, 11) is 0. The second-order valence-corrected chi connectivity index (χ2v) is 15.4. The second kappa shape index (κ2) is 11.6. The number of fused-ring (bicyclic) bond motifs is 8. The third kappa shape index (κ3) is 4.62. The number of ketones is 1. The van der Waals surface area contributed by atoms with Crippen molar-refractivity contribution >= 4 is 11.9 Å². The fourth-order valence-electron chi connectivity index (χ4n) is 11.0. The van der Waals surface area contributed by atoms with Crippen LogP contribution in [0.5, 0.6) is 0 Å². The first-order valence-electron chi connectivity index (χ1n) is 17.6. The molecule has 0 bridgehead atoms. The molecule has 1 aromatic heterocycles. The fourth-order valence-corrected chi connectivity index (χ4v) is 11.0. The molecule has 2 N–H and O–H groups in total. The van der Waals surface area contributed by atoms with E-state index in [0.29, 0.717) is 44.6 Å². The molecule has 2 aliphatic heterocycles. The van der Waals surface area contributed by atoms with Crippen molar-refractivity contribution in [3.05, 3.63) is 52.6 Å². The zero-order valence-electron chi connectivity index (χ0n) is 27.8. The van der Waals surface area contributed by atoms with Gasteiger partial charge in [0.2, 0.25) is 0 Å². The van der Waals surface area contributed by atoms with E-state index >= 15 is 0 Å². The molecule has 9 nitrogen and oxygen atoms in total. The lowest BCUT2D eigenvalue weighted by molar-refractivity contribution is -0.202. The first-order valence-corrected chi connectivity index (χ1v) is 17.6. The Balaban J connectivity index is 1.09. The molecule has 254 valence electrons. The van der Waals surface area contributed by atoms with Crippen LogP contribution < -0.4 is 0 Å². The van der Waals surface area contributed by atoms with Gasteiger partial charge in [0, 0.05) is 30.6 Å². The maximum atomic E-state index is 14.9. The normalized spacial score (nSPS) is 39.4. The van der Waals surface area contributed by atoms with Crippen molar-refractivity contribution in [2.75, 3.05) is 32.9 Å². The molecule has 6 aliphatic rings. The number of aliphatic hydroxyl groups is 2. The van der Waals surface area contributed by atoms with Gasteiger partial charge in [-0.25, -0.2) is 9.07 Å². The van der Waals surface area contributed by atoms with Crippen molar-refractivity contribution in [3.63, 3.8) is 0 Å². The lowest BCUT2D eigenvalue weighted by Gasteiger charge is -2.60. The summed E-state index contributed by atoms with van der Waals surface area (Å²) in [5.74, 6) is -0.199. The molecule has 9 atom stereocenters. The van der Waals surface area contributed by atoms with Gasteiger partial charge in [-0.1, -0.05) is 32.8 Å². The molecule has 5 fully saturated rings. The van der Waals surface area contributed by atoms with Gasteiger partial charge in [0.1, 0.15) is 12.4 Å². The molecule has 0 radical (unpaired) electrons. The molecule has 0 unspecified atom stereocenters. The van der Waals surface area contributed by atoms with Gasteiger partial charge in [-0.3, -0.25) is 9.69 Å². The highest BCUT2D eigenvalue weighted by Crippen LogP contribution is 2.70. The van der Waals surface area contributed by atoms with E-state index in [0.717, 1.165) is 55.7 Å². The molecule has 0 amide bonds. The van der Waals surface area contributed by atoms with E-state index < -0.39 is 36.1 Å². The summed E-state index contributed by atoms with van der Waals surface area (Å²) in [4.78, 5) is 15.8. The number of aliphatic hydroxyl groups excluding tert-OH is 2. The van der Waals surface area contributed by atoms with Gasteiger partial charge in [0.15, 0.2) is 17.7 Å². The van der Waals surface area contributed by atoms with Crippen LogP contribution in [0.1, 0.15) is 76.1 Å². The number of nitrogens with zero attached hydrogens (tertiary/aromatic N) is 3. The molecular weight excluding hydrogens is 601 g/mol. The van der Waals surface area contributed by atoms with Crippen LogP contribution in [-0.2, 0) is 32.0 Å². The molecule has 3 heterocycles. The van der Waals surface area contributed by atoms with Gasteiger partial charge in [0.25, 0.3) is 0 Å². The monoisotopic (exact) mass is 649 g/mol. The summed E-state index contributed by atoms with van der Waals surface area (Å²) < 4.78 is 35.3. The predicted octanol–water partition coefficient (Wildman–Crippen LogP) is 4.45. The van der Waals surface area contributed by atoms with E-state index in [9.17, 15) is 19.4 Å². The quantitative estimate of drug-likeness (QED) is 0.454. The highest BCUT2D eigenvalue weighted by Gasteiger charge is 2.75. The average molecular weight is 650 g/mol. The van der Waals surface area contributed by atoms with Gasteiger partial charge in [0.05, 0.1) is 43.0 Å². The van der Waals surface area contributed by atoms with Crippen molar-refractivity contribution in [1.29, 1.82) is 0 Å². The summed E-state index contributed by atoms with van der Waals surface area (Å²) >= 11 is 0. The van der Waals surface area contributed by atoms with Crippen LogP contribution in [0.2, 0.25) is 0 Å².